The van der Waals surface area contributed by atoms with Crippen LogP contribution in [0.15, 0.2) is 18.6 Å². The lowest BCUT2D eigenvalue weighted by Gasteiger charge is -2.21. The fourth-order valence-corrected chi connectivity index (χ4v) is 2.05. The maximum absolute atomic E-state index is 12.2. The molecule has 0 spiro atoms. The quantitative estimate of drug-likeness (QED) is 0.842. The monoisotopic (exact) mass is 290 g/mol. The molecule has 1 unspecified atom stereocenters. The minimum atomic E-state index is -0.361. The van der Waals surface area contributed by atoms with Crippen LogP contribution in [0.5, 0.6) is 0 Å². The first-order chi connectivity index (χ1) is 10.1. The average Bonchev–Trinajstić information content (AvgIpc) is 2.94. The smallest absolute Gasteiger partial charge is 0.244 e. The molecule has 0 aliphatic heterocycles. The molecule has 0 aliphatic carbocycles. The number of amides is 1. The first-order valence-electron chi connectivity index (χ1n) is 7.15. The van der Waals surface area contributed by atoms with Crippen LogP contribution >= 0.6 is 0 Å². The molecule has 0 aromatic carbocycles. The molecule has 2 aromatic rings. The Morgan fingerprint density at radius 2 is 2.24 bits per heavy atom. The zero-order chi connectivity index (χ0) is 15.4. The van der Waals surface area contributed by atoms with Crippen molar-refractivity contribution in [2.24, 2.45) is 0 Å². The molecule has 2 heterocycles. The number of carbonyl (C=O) groups excluding carboxylic acids is 1. The summed E-state index contributed by atoms with van der Waals surface area (Å²) >= 11 is 0. The second-order valence-corrected chi connectivity index (χ2v) is 4.88. The Hall–Kier alpha value is -2.31. The van der Waals surface area contributed by atoms with Crippen LogP contribution in [-0.4, -0.2) is 51.4 Å². The van der Waals surface area contributed by atoms with Crippen LogP contribution in [0, 0.1) is 0 Å². The summed E-state index contributed by atoms with van der Waals surface area (Å²) in [5.74, 6) is 1.37. The number of hydrogen-bond acceptors (Lipinski definition) is 5. The molecule has 2 N–H and O–H groups in total. The predicted octanol–water partition coefficient (Wildman–Crippen LogP) is 1.44. The van der Waals surface area contributed by atoms with E-state index in [0.29, 0.717) is 18.0 Å². The van der Waals surface area contributed by atoms with Gasteiger partial charge in [0.2, 0.25) is 5.91 Å². The number of likely N-dealkylation sites (N-methyl/N-ethyl adjacent to an activating group) is 1. The van der Waals surface area contributed by atoms with Crippen molar-refractivity contribution in [3.8, 4) is 0 Å². The molecule has 0 radical (unpaired) electrons. The maximum Gasteiger partial charge on any atom is 0.244 e. The lowest BCUT2D eigenvalue weighted by Crippen LogP contribution is -2.39. The van der Waals surface area contributed by atoms with Gasteiger partial charge in [-0.05, 0) is 20.8 Å². The van der Waals surface area contributed by atoms with Crippen molar-refractivity contribution >= 4 is 23.2 Å². The Labute approximate surface area is 124 Å². The number of nitrogens with zero attached hydrogens (tertiary/aromatic N) is 4. The highest BCUT2D eigenvalue weighted by Crippen LogP contribution is 2.17. The Morgan fingerprint density at radius 3 is 2.90 bits per heavy atom. The summed E-state index contributed by atoms with van der Waals surface area (Å²) < 4.78 is 1.88. The highest BCUT2D eigenvalue weighted by Gasteiger charge is 2.18. The zero-order valence-corrected chi connectivity index (χ0v) is 12.9. The van der Waals surface area contributed by atoms with Gasteiger partial charge in [0.05, 0.1) is 6.20 Å². The van der Waals surface area contributed by atoms with Crippen LogP contribution in [0.2, 0.25) is 0 Å². The highest BCUT2D eigenvalue weighted by atomic mass is 16.2. The largest absolute Gasteiger partial charge is 0.369 e. The SMILES string of the molecule is CCNc1cn2ccnc2c(NC(C)C(=O)N(C)CC)n1. The van der Waals surface area contributed by atoms with Gasteiger partial charge in [-0.3, -0.25) is 4.79 Å². The summed E-state index contributed by atoms with van der Waals surface area (Å²) in [6.07, 6.45) is 5.44. The van der Waals surface area contributed by atoms with E-state index < -0.39 is 0 Å². The number of imidazole rings is 1. The van der Waals surface area contributed by atoms with Crippen molar-refractivity contribution in [1.29, 1.82) is 0 Å². The van der Waals surface area contributed by atoms with Crippen LogP contribution in [0.25, 0.3) is 5.65 Å². The van der Waals surface area contributed by atoms with Gasteiger partial charge in [-0.15, -0.1) is 0 Å². The highest BCUT2D eigenvalue weighted by molar-refractivity contribution is 5.85. The molecular formula is C14H22N6O. The lowest BCUT2D eigenvalue weighted by atomic mass is 10.3. The molecule has 21 heavy (non-hydrogen) atoms. The first kappa shape index (κ1) is 15.1. The number of hydrogen-bond donors (Lipinski definition) is 2. The summed E-state index contributed by atoms with van der Waals surface area (Å²) in [7, 11) is 1.79. The van der Waals surface area contributed by atoms with Crippen LogP contribution in [0.3, 0.4) is 0 Å². The van der Waals surface area contributed by atoms with Gasteiger partial charge in [-0.2, -0.15) is 0 Å². The second-order valence-electron chi connectivity index (χ2n) is 4.88. The van der Waals surface area contributed by atoms with Gasteiger partial charge in [0.15, 0.2) is 11.5 Å². The molecule has 0 saturated heterocycles. The minimum Gasteiger partial charge on any atom is -0.369 e. The van der Waals surface area contributed by atoms with Gasteiger partial charge in [0.25, 0.3) is 0 Å². The number of aromatic nitrogens is 3. The Morgan fingerprint density at radius 1 is 1.48 bits per heavy atom. The van der Waals surface area contributed by atoms with Gasteiger partial charge >= 0.3 is 0 Å². The third-order valence-corrected chi connectivity index (χ3v) is 3.31. The van der Waals surface area contributed by atoms with E-state index in [1.54, 1.807) is 18.1 Å². The molecule has 114 valence electrons. The van der Waals surface area contributed by atoms with Crippen LogP contribution in [-0.2, 0) is 4.79 Å². The minimum absolute atomic E-state index is 0.0258. The summed E-state index contributed by atoms with van der Waals surface area (Å²) in [4.78, 5) is 22.6. The van der Waals surface area contributed by atoms with Crippen LogP contribution < -0.4 is 10.6 Å². The van der Waals surface area contributed by atoms with Crippen molar-refractivity contribution in [3.05, 3.63) is 18.6 Å². The number of rotatable bonds is 6. The predicted molar refractivity (Wildman–Crippen MR) is 83.5 cm³/mol. The van der Waals surface area contributed by atoms with E-state index in [1.165, 1.54) is 0 Å². The van der Waals surface area contributed by atoms with E-state index in [9.17, 15) is 4.79 Å². The van der Waals surface area contributed by atoms with Crippen molar-refractivity contribution in [1.82, 2.24) is 19.3 Å². The number of anilines is 2. The van der Waals surface area contributed by atoms with Crippen molar-refractivity contribution in [2.45, 2.75) is 26.8 Å². The third kappa shape index (κ3) is 3.24. The molecule has 2 aromatic heterocycles. The maximum atomic E-state index is 12.2. The zero-order valence-electron chi connectivity index (χ0n) is 12.9. The Bertz CT molecular complexity index is 623. The van der Waals surface area contributed by atoms with E-state index in [0.717, 1.165) is 12.4 Å². The van der Waals surface area contributed by atoms with Crippen LogP contribution in [0.4, 0.5) is 11.6 Å². The summed E-state index contributed by atoms with van der Waals surface area (Å²) in [6, 6.07) is -0.361. The van der Waals surface area contributed by atoms with Gasteiger partial charge in [0, 0.05) is 32.5 Å². The summed E-state index contributed by atoms with van der Waals surface area (Å²) in [6.45, 7) is 7.24. The van der Waals surface area contributed by atoms with E-state index in [4.69, 9.17) is 0 Å². The van der Waals surface area contributed by atoms with Gasteiger partial charge in [-0.25, -0.2) is 9.97 Å². The van der Waals surface area contributed by atoms with Crippen molar-refractivity contribution < 1.29 is 4.79 Å². The Kier molecular flexibility index (Phi) is 4.62. The number of fused-ring (bicyclic) bond motifs is 1. The van der Waals surface area contributed by atoms with Gasteiger partial charge in [0.1, 0.15) is 11.9 Å². The van der Waals surface area contributed by atoms with Gasteiger partial charge < -0.3 is 19.9 Å². The number of carbonyl (C=O) groups is 1. The Balaban J connectivity index is 2.28. The first-order valence-corrected chi connectivity index (χ1v) is 7.15. The standard InChI is InChI=1S/C14H22N6O/c1-5-15-11-9-20-8-7-16-13(20)12(18-11)17-10(3)14(21)19(4)6-2/h7-10,15H,5-6H2,1-4H3,(H,17,18). The van der Waals surface area contributed by atoms with E-state index >= 15 is 0 Å². The van der Waals surface area contributed by atoms with E-state index in [2.05, 4.69) is 20.6 Å². The lowest BCUT2D eigenvalue weighted by molar-refractivity contribution is -0.130. The molecular weight excluding hydrogens is 268 g/mol. The molecule has 2 rings (SSSR count). The second kappa shape index (κ2) is 6.43. The average molecular weight is 290 g/mol. The van der Waals surface area contributed by atoms with Crippen LogP contribution in [0.1, 0.15) is 20.8 Å². The molecule has 0 saturated carbocycles. The number of nitrogens with one attached hydrogen (secondary N) is 2. The summed E-state index contributed by atoms with van der Waals surface area (Å²) in [5, 5.41) is 6.33. The fraction of sp³-hybridized carbons (Fsp3) is 0.500. The van der Waals surface area contributed by atoms with Crippen molar-refractivity contribution in [2.75, 3.05) is 30.8 Å². The molecule has 0 aliphatic rings. The molecule has 1 atom stereocenters. The summed E-state index contributed by atoms with van der Waals surface area (Å²) in [5.41, 5.74) is 0.704. The molecule has 7 heteroatoms. The van der Waals surface area contributed by atoms with Gasteiger partial charge in [-0.1, -0.05) is 0 Å². The molecule has 0 bridgehead atoms. The molecule has 7 nitrogen and oxygen atoms in total. The normalized spacial score (nSPS) is 12.2. The molecule has 1 amide bonds. The topological polar surface area (TPSA) is 74.6 Å². The fourth-order valence-electron chi connectivity index (χ4n) is 2.05. The molecule has 0 fully saturated rings. The third-order valence-electron chi connectivity index (χ3n) is 3.31. The van der Waals surface area contributed by atoms with E-state index in [-0.39, 0.29) is 11.9 Å². The van der Waals surface area contributed by atoms with Crippen molar-refractivity contribution in [3.63, 3.8) is 0 Å². The van der Waals surface area contributed by atoms with E-state index in [1.807, 2.05) is 37.6 Å².